The van der Waals surface area contributed by atoms with Crippen molar-refractivity contribution in [2.45, 2.75) is 18.7 Å². The number of methoxy groups -OCH3 is 4. The van der Waals surface area contributed by atoms with Crippen LogP contribution in [0, 0.1) is 0 Å². The lowest BCUT2D eigenvalue weighted by molar-refractivity contribution is 0.415. The predicted molar refractivity (Wildman–Crippen MR) is 252 cm³/mol. The number of H-pyrrole nitrogens is 2. The summed E-state index contributed by atoms with van der Waals surface area (Å²) in [6.45, 7) is 1.85. The summed E-state index contributed by atoms with van der Waals surface area (Å²) in [5.41, 5.74) is 13.3. The Labute approximate surface area is 366 Å². The van der Waals surface area contributed by atoms with Crippen molar-refractivity contribution in [1.29, 1.82) is 0 Å². The second-order valence-electron chi connectivity index (χ2n) is 15.5. The number of hydrogen-bond donors (Lipinski definition) is 3. The zero-order chi connectivity index (χ0) is 43.8. The molecule has 2 aliphatic heterocycles. The number of aromatic amines is 2. The van der Waals surface area contributed by atoms with Crippen LogP contribution >= 0.6 is 0 Å². The molecule has 318 valence electrons. The molecular formula is C51H46N4O7S. The predicted octanol–water partition coefficient (Wildman–Crippen LogP) is 11.1. The maximum Gasteiger partial charge on any atom is 0.269 e. The van der Waals surface area contributed by atoms with Gasteiger partial charge in [0, 0.05) is 63.1 Å². The van der Waals surface area contributed by atoms with Crippen molar-refractivity contribution in [3.8, 4) is 67.5 Å². The molecule has 3 N–H and O–H groups in total. The monoisotopic (exact) mass is 858 g/mol. The quantitative estimate of drug-likeness (QED) is 0.108. The van der Waals surface area contributed by atoms with Crippen LogP contribution in [-0.4, -0.2) is 68.2 Å². The minimum atomic E-state index is -4.40. The number of fused-ring (bicyclic) bond motifs is 8. The third-order valence-corrected chi connectivity index (χ3v) is 12.8. The van der Waals surface area contributed by atoms with Crippen molar-refractivity contribution < 1.29 is 31.9 Å². The zero-order valence-electron chi connectivity index (χ0n) is 35.5. The smallest absolute Gasteiger partial charge is 0.269 e. The molecule has 1 unspecified atom stereocenters. The molecule has 9 rings (SSSR count). The van der Waals surface area contributed by atoms with E-state index < -0.39 is 15.4 Å². The van der Waals surface area contributed by atoms with Gasteiger partial charge in [0.2, 0.25) is 0 Å². The molecule has 12 heteroatoms. The first-order valence-electron chi connectivity index (χ1n) is 20.4. The average molecular weight is 859 g/mol. The Balaban J connectivity index is 1.50. The molecular weight excluding hydrogens is 813 g/mol. The van der Waals surface area contributed by atoms with E-state index in [1.165, 1.54) is 6.92 Å². The molecule has 0 spiro atoms. The molecule has 0 saturated heterocycles. The first-order valence-corrected chi connectivity index (χ1v) is 21.9. The molecule has 0 radical (unpaired) electrons. The summed E-state index contributed by atoms with van der Waals surface area (Å²) in [6, 6.07) is 41.9. The Morgan fingerprint density at radius 2 is 0.952 bits per heavy atom. The molecule has 0 amide bonds. The summed E-state index contributed by atoms with van der Waals surface area (Å²) in [4.78, 5) is 15.0. The molecule has 3 aromatic heterocycles. The Hall–Kier alpha value is -7.28. The van der Waals surface area contributed by atoms with Gasteiger partial charge in [-0.2, -0.15) is 8.42 Å². The standard InChI is InChI=1S/C51H46N4O7S/c1-31(63(56,57)58)29-55-30-36-28-47(55)51(35-13-9-17-40(27-35)62-5)46-23-22-45(54-46)50(34-12-8-16-39(26-34)61-4)44-21-20-43(53-44)49(33-11-7-15-38(25-33)60-3)42-19-18-41(52-42)48(36)32-10-6-14-37(24-32)59-2/h6-28,31,52,54H,29-30H2,1-5H3,(H,56,57,58). The van der Waals surface area contributed by atoms with Crippen molar-refractivity contribution in [2.24, 2.45) is 0 Å². The SMILES string of the molecule is COc1cccc(-c2c3cc(c(-c4cccc(OC)c4)c4ccc([nH]4)c(-c4cccc(OC)c4)c4nc(c(-c5cccc(OC)c5)c5ccc2[nH]5)C=C4)N(CC(C)S(=O)(=O)O)C3)c1. The minimum Gasteiger partial charge on any atom is -0.497 e. The number of benzene rings is 4. The number of rotatable bonds is 11. The zero-order valence-corrected chi connectivity index (χ0v) is 36.3. The van der Waals surface area contributed by atoms with Crippen LogP contribution in [0.3, 0.4) is 0 Å². The topological polar surface area (TPSA) is 139 Å². The fourth-order valence-corrected chi connectivity index (χ4v) is 8.88. The summed E-state index contributed by atoms with van der Waals surface area (Å²) >= 11 is 0. The average Bonchev–Trinajstić information content (AvgIpc) is 4.14. The third kappa shape index (κ3) is 8.02. The molecule has 0 aliphatic carbocycles. The summed E-state index contributed by atoms with van der Waals surface area (Å²) < 4.78 is 58.7. The van der Waals surface area contributed by atoms with Crippen LogP contribution in [0.2, 0.25) is 0 Å². The van der Waals surface area contributed by atoms with Gasteiger partial charge in [-0.15, -0.1) is 0 Å². The van der Waals surface area contributed by atoms with Gasteiger partial charge < -0.3 is 33.8 Å². The van der Waals surface area contributed by atoms with Gasteiger partial charge in [-0.1, -0.05) is 48.5 Å². The second kappa shape index (κ2) is 16.9. The number of nitrogens with zero attached hydrogens (tertiary/aromatic N) is 2. The van der Waals surface area contributed by atoms with E-state index in [4.69, 9.17) is 23.9 Å². The first kappa shape index (κ1) is 41.1. The van der Waals surface area contributed by atoms with Crippen LogP contribution < -0.4 is 23.8 Å². The summed E-state index contributed by atoms with van der Waals surface area (Å²) in [6.07, 6.45) is 4.08. The Morgan fingerprint density at radius 3 is 1.37 bits per heavy atom. The van der Waals surface area contributed by atoms with Gasteiger partial charge in [-0.05, 0) is 126 Å². The molecule has 8 bridgehead atoms. The highest BCUT2D eigenvalue weighted by atomic mass is 32.2. The van der Waals surface area contributed by atoms with Gasteiger partial charge >= 0.3 is 0 Å². The molecule has 4 aromatic carbocycles. The van der Waals surface area contributed by atoms with E-state index in [0.29, 0.717) is 29.5 Å². The van der Waals surface area contributed by atoms with E-state index in [1.54, 1.807) is 28.4 Å². The van der Waals surface area contributed by atoms with Crippen LogP contribution in [0.5, 0.6) is 23.0 Å². The molecule has 5 heterocycles. The van der Waals surface area contributed by atoms with Gasteiger partial charge in [-0.3, -0.25) is 4.55 Å². The van der Waals surface area contributed by atoms with E-state index in [-0.39, 0.29) is 6.54 Å². The molecule has 63 heavy (non-hydrogen) atoms. The van der Waals surface area contributed by atoms with E-state index in [0.717, 1.165) is 89.2 Å². The summed E-state index contributed by atoms with van der Waals surface area (Å²) in [5.74, 6) is 2.74. The highest BCUT2D eigenvalue weighted by Crippen LogP contribution is 2.44. The molecule has 2 aliphatic rings. The number of anilines is 1. The number of hydrogen-bond acceptors (Lipinski definition) is 8. The third-order valence-electron chi connectivity index (χ3n) is 11.6. The van der Waals surface area contributed by atoms with E-state index in [1.807, 2.05) is 126 Å². The lowest BCUT2D eigenvalue weighted by Gasteiger charge is -2.25. The minimum absolute atomic E-state index is 0.00540. The van der Waals surface area contributed by atoms with Crippen LogP contribution in [0.15, 0.2) is 127 Å². The van der Waals surface area contributed by atoms with E-state index >= 15 is 0 Å². The fourth-order valence-electron chi connectivity index (χ4n) is 8.51. The van der Waals surface area contributed by atoms with Gasteiger partial charge in [0.1, 0.15) is 28.2 Å². The number of aromatic nitrogens is 3. The van der Waals surface area contributed by atoms with Gasteiger partial charge in [0.25, 0.3) is 10.1 Å². The van der Waals surface area contributed by atoms with Crippen LogP contribution in [0.25, 0.3) is 78.7 Å². The van der Waals surface area contributed by atoms with E-state index in [9.17, 15) is 13.0 Å². The maximum atomic E-state index is 12.7. The van der Waals surface area contributed by atoms with Crippen molar-refractivity contribution in [1.82, 2.24) is 15.0 Å². The Kier molecular flexibility index (Phi) is 11.0. The highest BCUT2D eigenvalue weighted by molar-refractivity contribution is 7.86. The van der Waals surface area contributed by atoms with Gasteiger partial charge in [0.05, 0.1) is 39.8 Å². The lowest BCUT2D eigenvalue weighted by atomic mass is 10.00. The van der Waals surface area contributed by atoms with Crippen molar-refractivity contribution >= 4 is 50.0 Å². The van der Waals surface area contributed by atoms with Crippen LogP contribution in [0.4, 0.5) is 5.69 Å². The molecule has 0 saturated carbocycles. The van der Waals surface area contributed by atoms with Crippen molar-refractivity contribution in [3.05, 3.63) is 144 Å². The Morgan fingerprint density at radius 1 is 0.571 bits per heavy atom. The molecule has 11 nitrogen and oxygen atoms in total. The van der Waals surface area contributed by atoms with Crippen molar-refractivity contribution in [3.63, 3.8) is 0 Å². The largest absolute Gasteiger partial charge is 0.497 e. The molecule has 7 aromatic rings. The van der Waals surface area contributed by atoms with Crippen LogP contribution in [0.1, 0.15) is 23.9 Å². The van der Waals surface area contributed by atoms with Crippen molar-refractivity contribution in [2.75, 3.05) is 39.9 Å². The van der Waals surface area contributed by atoms with Gasteiger partial charge in [-0.25, -0.2) is 4.98 Å². The van der Waals surface area contributed by atoms with E-state index in [2.05, 4.69) is 28.2 Å². The first-order chi connectivity index (χ1) is 30.5. The van der Waals surface area contributed by atoms with Gasteiger partial charge in [0.15, 0.2) is 0 Å². The second-order valence-corrected chi connectivity index (χ2v) is 17.3. The van der Waals surface area contributed by atoms with Crippen LogP contribution in [-0.2, 0) is 16.7 Å². The molecule has 1 atom stereocenters. The lowest BCUT2D eigenvalue weighted by Crippen LogP contribution is -2.33. The number of nitrogens with one attached hydrogen (secondary N) is 2. The highest BCUT2D eigenvalue weighted by Gasteiger charge is 2.29. The summed E-state index contributed by atoms with van der Waals surface area (Å²) in [7, 11) is 2.17. The maximum absolute atomic E-state index is 12.7. The fraction of sp³-hybridized carbons (Fsp3) is 0.157. The number of ether oxygens (including phenoxy) is 4. The summed E-state index contributed by atoms with van der Waals surface area (Å²) in [5, 5.41) is -1.11. The molecule has 0 fully saturated rings. The normalized spacial score (nSPS) is 12.9. The Bertz CT molecular complexity index is 3210.